The second kappa shape index (κ2) is 4.20. The van der Waals surface area contributed by atoms with Gasteiger partial charge in [-0.05, 0) is 20.3 Å². The summed E-state index contributed by atoms with van der Waals surface area (Å²) >= 11 is 0. The average Bonchev–Trinajstić information content (AvgIpc) is 2.83. The number of nitrogens with zero attached hydrogens (tertiary/aromatic N) is 3. The summed E-state index contributed by atoms with van der Waals surface area (Å²) in [5.41, 5.74) is 5.82. The number of nitrogens with one attached hydrogen (secondary N) is 1. The fourth-order valence-electron chi connectivity index (χ4n) is 1.81. The van der Waals surface area contributed by atoms with Crippen LogP contribution in [0.4, 0.5) is 5.95 Å². The zero-order valence-electron chi connectivity index (χ0n) is 10.8. The Morgan fingerprint density at radius 2 is 2.17 bits per heavy atom. The normalized spacial score (nSPS) is 21.6. The molecule has 2 rings (SSSR count). The van der Waals surface area contributed by atoms with Crippen molar-refractivity contribution in [2.75, 3.05) is 24.2 Å². The summed E-state index contributed by atoms with van der Waals surface area (Å²) in [5, 5.41) is 6.80. The maximum atomic E-state index is 11.7. The van der Waals surface area contributed by atoms with Gasteiger partial charge in [0, 0.05) is 25.4 Å². The lowest BCUT2D eigenvalue weighted by atomic mass is 10.2. The Morgan fingerprint density at radius 1 is 1.50 bits per heavy atom. The molecule has 1 unspecified atom stereocenters. The van der Waals surface area contributed by atoms with Gasteiger partial charge in [-0.1, -0.05) is 0 Å². The van der Waals surface area contributed by atoms with Crippen LogP contribution >= 0.6 is 0 Å². The molecule has 0 spiro atoms. The Balaban J connectivity index is 2.26. The van der Waals surface area contributed by atoms with Crippen LogP contribution in [0.25, 0.3) is 0 Å². The molecule has 1 fully saturated rings. The van der Waals surface area contributed by atoms with E-state index in [9.17, 15) is 8.42 Å². The summed E-state index contributed by atoms with van der Waals surface area (Å²) in [6.45, 7) is 4.74. The largest absolute Gasteiger partial charge is 0.338 e. The molecule has 1 aliphatic heterocycles. The van der Waals surface area contributed by atoms with Gasteiger partial charge in [0.1, 0.15) is 10.6 Å². The van der Waals surface area contributed by atoms with Crippen LogP contribution in [-0.4, -0.2) is 49.0 Å². The van der Waals surface area contributed by atoms with Crippen molar-refractivity contribution in [1.29, 1.82) is 0 Å². The molecule has 1 aromatic rings. The molecule has 18 heavy (non-hydrogen) atoms. The van der Waals surface area contributed by atoms with Gasteiger partial charge in [0.05, 0.1) is 0 Å². The first kappa shape index (κ1) is 13.3. The maximum Gasteiger partial charge on any atom is 0.244 e. The molecule has 0 bridgehead atoms. The monoisotopic (exact) mass is 273 g/mol. The SMILES string of the molecule is CC(C)(c1nc(N2CCC(N)C2)n[nH]1)S(C)(=O)=O. The van der Waals surface area contributed by atoms with E-state index in [0.29, 0.717) is 18.3 Å². The standard InChI is InChI=1S/C10H19N5O2S/c1-10(2,18(3,16)17)8-12-9(14-13-8)15-5-4-7(11)6-15/h7H,4-6,11H2,1-3H3,(H,12,13,14). The molecule has 1 saturated heterocycles. The number of aromatic amines is 1. The quantitative estimate of drug-likeness (QED) is 0.778. The number of anilines is 1. The topological polar surface area (TPSA) is 105 Å². The molecule has 7 nitrogen and oxygen atoms in total. The summed E-state index contributed by atoms with van der Waals surface area (Å²) in [4.78, 5) is 6.25. The highest BCUT2D eigenvalue weighted by atomic mass is 32.2. The molecule has 1 atom stereocenters. The van der Waals surface area contributed by atoms with Gasteiger partial charge >= 0.3 is 0 Å². The van der Waals surface area contributed by atoms with E-state index < -0.39 is 14.6 Å². The summed E-state index contributed by atoms with van der Waals surface area (Å²) in [7, 11) is -3.25. The first-order valence-corrected chi connectivity index (χ1v) is 7.74. The molecular weight excluding hydrogens is 254 g/mol. The molecular formula is C10H19N5O2S. The second-order valence-corrected chi connectivity index (χ2v) is 7.83. The fraction of sp³-hybridized carbons (Fsp3) is 0.800. The van der Waals surface area contributed by atoms with Crippen molar-refractivity contribution >= 4 is 15.8 Å². The Hall–Kier alpha value is -1.15. The third-order valence-electron chi connectivity index (χ3n) is 3.48. The van der Waals surface area contributed by atoms with Crippen molar-refractivity contribution in [2.24, 2.45) is 5.73 Å². The molecule has 1 aromatic heterocycles. The smallest absolute Gasteiger partial charge is 0.244 e. The lowest BCUT2D eigenvalue weighted by Crippen LogP contribution is -2.30. The van der Waals surface area contributed by atoms with Crippen LogP contribution in [0.2, 0.25) is 0 Å². The van der Waals surface area contributed by atoms with Gasteiger partial charge in [-0.25, -0.2) is 8.42 Å². The minimum Gasteiger partial charge on any atom is -0.338 e. The van der Waals surface area contributed by atoms with Crippen molar-refractivity contribution in [1.82, 2.24) is 15.2 Å². The highest BCUT2D eigenvalue weighted by molar-refractivity contribution is 7.91. The summed E-state index contributed by atoms with van der Waals surface area (Å²) in [6, 6.07) is 0.134. The van der Waals surface area contributed by atoms with Crippen LogP contribution in [0.3, 0.4) is 0 Å². The molecule has 102 valence electrons. The van der Waals surface area contributed by atoms with Crippen LogP contribution < -0.4 is 10.6 Å². The van der Waals surface area contributed by atoms with Crippen LogP contribution in [0.15, 0.2) is 0 Å². The molecule has 3 N–H and O–H groups in total. The molecule has 2 heterocycles. The summed E-state index contributed by atoms with van der Waals surface area (Å²) in [5.74, 6) is 0.884. The van der Waals surface area contributed by atoms with E-state index in [1.54, 1.807) is 13.8 Å². The Labute approximate surface area is 107 Å². The summed E-state index contributed by atoms with van der Waals surface area (Å²) < 4.78 is 22.4. The first-order valence-electron chi connectivity index (χ1n) is 5.85. The van der Waals surface area contributed by atoms with E-state index in [2.05, 4.69) is 15.2 Å². The Morgan fingerprint density at radius 3 is 2.67 bits per heavy atom. The number of H-pyrrole nitrogens is 1. The van der Waals surface area contributed by atoms with Crippen LogP contribution in [0.5, 0.6) is 0 Å². The van der Waals surface area contributed by atoms with E-state index in [1.165, 1.54) is 6.26 Å². The highest BCUT2D eigenvalue weighted by Gasteiger charge is 2.36. The van der Waals surface area contributed by atoms with Crippen LogP contribution in [0, 0.1) is 0 Å². The van der Waals surface area contributed by atoms with Gasteiger partial charge in [0.15, 0.2) is 9.84 Å². The van der Waals surface area contributed by atoms with Gasteiger partial charge in [-0.2, -0.15) is 4.98 Å². The highest BCUT2D eigenvalue weighted by Crippen LogP contribution is 2.27. The van der Waals surface area contributed by atoms with Crippen molar-refractivity contribution in [2.45, 2.75) is 31.1 Å². The van der Waals surface area contributed by atoms with Crippen LogP contribution in [0.1, 0.15) is 26.1 Å². The predicted octanol–water partition coefficient (Wildman–Crippen LogP) is -0.378. The third-order valence-corrected chi connectivity index (χ3v) is 5.53. The van der Waals surface area contributed by atoms with Gasteiger partial charge in [0.25, 0.3) is 0 Å². The average molecular weight is 273 g/mol. The molecule has 1 aliphatic rings. The minimum absolute atomic E-state index is 0.134. The minimum atomic E-state index is -3.25. The Bertz CT molecular complexity index is 536. The number of hydrogen-bond donors (Lipinski definition) is 2. The fourth-order valence-corrected chi connectivity index (χ4v) is 2.25. The van der Waals surface area contributed by atoms with E-state index in [0.717, 1.165) is 13.0 Å². The summed E-state index contributed by atoms with van der Waals surface area (Å²) in [6.07, 6.45) is 2.10. The number of rotatable bonds is 3. The van der Waals surface area contributed by atoms with Crippen molar-refractivity contribution in [3.63, 3.8) is 0 Å². The number of nitrogens with two attached hydrogens (primary N) is 1. The van der Waals surface area contributed by atoms with Gasteiger partial charge in [-0.15, -0.1) is 5.10 Å². The molecule has 0 saturated carbocycles. The molecule has 0 aromatic carbocycles. The molecule has 0 radical (unpaired) electrons. The third kappa shape index (κ3) is 2.22. The van der Waals surface area contributed by atoms with E-state index in [1.807, 2.05) is 4.90 Å². The number of hydrogen-bond acceptors (Lipinski definition) is 6. The van der Waals surface area contributed by atoms with Crippen molar-refractivity contribution in [3.8, 4) is 0 Å². The van der Waals surface area contributed by atoms with Gasteiger partial charge < -0.3 is 10.6 Å². The predicted molar refractivity (Wildman–Crippen MR) is 69.1 cm³/mol. The first-order chi connectivity index (χ1) is 8.22. The van der Waals surface area contributed by atoms with Gasteiger partial charge in [0.2, 0.25) is 5.95 Å². The lowest BCUT2D eigenvalue weighted by Gasteiger charge is -2.19. The number of sulfone groups is 1. The van der Waals surface area contributed by atoms with E-state index >= 15 is 0 Å². The van der Waals surface area contributed by atoms with E-state index in [4.69, 9.17) is 5.73 Å². The Kier molecular flexibility index (Phi) is 3.10. The van der Waals surface area contributed by atoms with Crippen LogP contribution in [-0.2, 0) is 14.6 Å². The van der Waals surface area contributed by atoms with E-state index in [-0.39, 0.29) is 6.04 Å². The zero-order chi connectivity index (χ0) is 13.6. The van der Waals surface area contributed by atoms with Crippen molar-refractivity contribution < 1.29 is 8.42 Å². The second-order valence-electron chi connectivity index (χ2n) is 5.26. The van der Waals surface area contributed by atoms with Crippen molar-refractivity contribution in [3.05, 3.63) is 5.82 Å². The molecule has 0 aliphatic carbocycles. The lowest BCUT2D eigenvalue weighted by molar-refractivity contribution is 0.551. The maximum absolute atomic E-state index is 11.7. The zero-order valence-corrected chi connectivity index (χ0v) is 11.7. The molecule has 8 heteroatoms. The molecule has 0 amide bonds. The number of aromatic nitrogens is 3. The van der Waals surface area contributed by atoms with Gasteiger partial charge in [-0.3, -0.25) is 5.10 Å².